The van der Waals surface area contributed by atoms with E-state index in [0.29, 0.717) is 16.6 Å². The minimum absolute atomic E-state index is 0.0286. The van der Waals surface area contributed by atoms with Crippen LogP contribution in [-0.2, 0) is 5.75 Å². The van der Waals surface area contributed by atoms with Gasteiger partial charge >= 0.3 is 0 Å². The van der Waals surface area contributed by atoms with Crippen molar-refractivity contribution in [2.45, 2.75) is 17.8 Å². The molecule has 0 saturated carbocycles. The maximum atomic E-state index is 12.2. The molecule has 3 aromatic rings. The van der Waals surface area contributed by atoms with Crippen LogP contribution in [0, 0.1) is 13.5 Å². The first-order valence-electron chi connectivity index (χ1n) is 7.43. The summed E-state index contributed by atoms with van der Waals surface area (Å²) in [5.41, 5.74) is 3.20. The molecule has 1 heterocycles. The van der Waals surface area contributed by atoms with Gasteiger partial charge in [0.2, 0.25) is 0 Å². The molecule has 0 radical (unpaired) electrons. The summed E-state index contributed by atoms with van der Waals surface area (Å²) in [7, 11) is 0. The predicted molar refractivity (Wildman–Crippen MR) is 97.3 cm³/mol. The second-order valence-electron chi connectivity index (χ2n) is 5.32. The molecule has 0 spiro atoms. The molecule has 118 valence electrons. The molecule has 5 heteroatoms. The summed E-state index contributed by atoms with van der Waals surface area (Å²) in [4.78, 5) is 22.8. The van der Waals surface area contributed by atoms with Gasteiger partial charge in [0.25, 0.3) is 11.2 Å². The van der Waals surface area contributed by atoms with E-state index in [4.69, 9.17) is 6.57 Å². The van der Waals surface area contributed by atoms with Crippen LogP contribution in [0.4, 0.5) is 5.69 Å². The number of nitrogens with one attached hydrogen (secondary N) is 1. The van der Waals surface area contributed by atoms with Crippen LogP contribution in [0.1, 0.15) is 11.1 Å². The molecule has 0 fully saturated rings. The number of aryl methyl sites for hydroxylation is 1. The zero-order valence-corrected chi connectivity index (χ0v) is 13.9. The standard InChI is InChI=1S/C19H15N3OS/c1-13-8-10-14(11-9-13)12-24-19-21-16(15-6-4-3-5-7-15)17(20-2)18(23)22-19/h3-11H,12H2,1H3,(H,21,22,23). The summed E-state index contributed by atoms with van der Waals surface area (Å²) < 4.78 is 0. The Balaban J connectivity index is 1.92. The van der Waals surface area contributed by atoms with Gasteiger partial charge in [0, 0.05) is 5.75 Å². The zero-order valence-electron chi connectivity index (χ0n) is 13.1. The largest absolute Gasteiger partial charge is 0.311 e. The molecule has 0 atom stereocenters. The fourth-order valence-corrected chi connectivity index (χ4v) is 3.07. The quantitative estimate of drug-likeness (QED) is 0.432. The minimum atomic E-state index is -0.398. The monoisotopic (exact) mass is 333 g/mol. The number of nitrogens with zero attached hydrogens (tertiary/aromatic N) is 2. The van der Waals surface area contributed by atoms with Crippen molar-refractivity contribution < 1.29 is 0 Å². The molecule has 4 nitrogen and oxygen atoms in total. The fraction of sp³-hybridized carbons (Fsp3) is 0.105. The predicted octanol–water partition coefficient (Wildman–Crippen LogP) is 4.59. The average Bonchev–Trinajstić information content (AvgIpc) is 2.61. The Bertz CT molecular complexity index is 941. The lowest BCUT2D eigenvalue weighted by atomic mass is 10.1. The van der Waals surface area contributed by atoms with E-state index in [1.165, 1.54) is 17.3 Å². The van der Waals surface area contributed by atoms with Crippen LogP contribution in [0.3, 0.4) is 0 Å². The van der Waals surface area contributed by atoms with E-state index < -0.39 is 5.56 Å². The van der Waals surface area contributed by atoms with E-state index in [1.54, 1.807) is 0 Å². The second kappa shape index (κ2) is 7.16. The Morgan fingerprint density at radius 1 is 1.12 bits per heavy atom. The highest BCUT2D eigenvalue weighted by Crippen LogP contribution is 2.28. The zero-order chi connectivity index (χ0) is 16.9. The van der Waals surface area contributed by atoms with E-state index in [-0.39, 0.29) is 5.69 Å². The number of benzene rings is 2. The van der Waals surface area contributed by atoms with Gasteiger partial charge in [-0.05, 0) is 18.1 Å². The van der Waals surface area contributed by atoms with Crippen LogP contribution >= 0.6 is 11.8 Å². The van der Waals surface area contributed by atoms with E-state index in [2.05, 4.69) is 39.1 Å². The Labute approximate surface area is 144 Å². The first kappa shape index (κ1) is 16.0. The molecule has 24 heavy (non-hydrogen) atoms. The Hall–Kier alpha value is -2.84. The Morgan fingerprint density at radius 3 is 2.50 bits per heavy atom. The van der Waals surface area contributed by atoms with Crippen molar-refractivity contribution in [3.63, 3.8) is 0 Å². The van der Waals surface area contributed by atoms with Crippen LogP contribution < -0.4 is 5.56 Å². The van der Waals surface area contributed by atoms with Crippen molar-refractivity contribution in [3.8, 4) is 11.3 Å². The van der Waals surface area contributed by atoms with Crippen LogP contribution in [-0.4, -0.2) is 9.97 Å². The molecule has 2 aromatic carbocycles. The fourth-order valence-electron chi connectivity index (χ4n) is 2.25. The topological polar surface area (TPSA) is 50.1 Å². The number of hydrogen-bond acceptors (Lipinski definition) is 3. The van der Waals surface area contributed by atoms with Crippen molar-refractivity contribution in [2.75, 3.05) is 0 Å². The number of thioether (sulfide) groups is 1. The number of H-pyrrole nitrogens is 1. The van der Waals surface area contributed by atoms with Gasteiger partial charge in [0.05, 0.1) is 12.3 Å². The van der Waals surface area contributed by atoms with E-state index in [1.807, 2.05) is 37.3 Å². The molecule has 0 aliphatic heterocycles. The Kier molecular flexibility index (Phi) is 4.78. The Morgan fingerprint density at radius 2 is 1.83 bits per heavy atom. The number of aromatic nitrogens is 2. The molecular formula is C19H15N3OS. The lowest BCUT2D eigenvalue weighted by molar-refractivity contribution is 0.949. The first-order valence-corrected chi connectivity index (χ1v) is 8.41. The van der Waals surface area contributed by atoms with Gasteiger partial charge in [0.15, 0.2) is 5.16 Å². The normalized spacial score (nSPS) is 10.3. The van der Waals surface area contributed by atoms with Gasteiger partial charge in [0.1, 0.15) is 0 Å². The highest BCUT2D eigenvalue weighted by Gasteiger charge is 2.13. The molecule has 0 aliphatic carbocycles. The molecule has 1 aromatic heterocycles. The number of rotatable bonds is 4. The van der Waals surface area contributed by atoms with E-state index in [0.717, 1.165) is 11.1 Å². The van der Waals surface area contributed by atoms with Gasteiger partial charge < -0.3 is 4.98 Å². The summed E-state index contributed by atoms with van der Waals surface area (Å²) in [5, 5.41) is 0.520. The van der Waals surface area contributed by atoms with E-state index >= 15 is 0 Å². The third-order valence-electron chi connectivity index (χ3n) is 3.53. The van der Waals surface area contributed by atoms with Crippen LogP contribution in [0.5, 0.6) is 0 Å². The minimum Gasteiger partial charge on any atom is -0.311 e. The number of hydrogen-bond donors (Lipinski definition) is 1. The van der Waals surface area contributed by atoms with Crippen molar-refractivity contribution in [1.82, 2.24) is 9.97 Å². The molecule has 0 bridgehead atoms. The third-order valence-corrected chi connectivity index (χ3v) is 4.47. The van der Waals surface area contributed by atoms with Crippen LogP contribution in [0.25, 0.3) is 16.1 Å². The lowest BCUT2D eigenvalue weighted by Gasteiger charge is -2.07. The second-order valence-corrected chi connectivity index (χ2v) is 6.28. The van der Waals surface area contributed by atoms with Gasteiger partial charge in [-0.15, -0.1) is 0 Å². The molecular weight excluding hydrogens is 318 g/mol. The molecule has 1 N–H and O–H groups in total. The van der Waals surface area contributed by atoms with Gasteiger partial charge in [-0.1, -0.05) is 71.9 Å². The van der Waals surface area contributed by atoms with Crippen LogP contribution in [0.15, 0.2) is 64.5 Å². The summed E-state index contributed by atoms with van der Waals surface area (Å²) >= 11 is 1.45. The van der Waals surface area contributed by atoms with Gasteiger partial charge in [-0.2, -0.15) is 0 Å². The van der Waals surface area contributed by atoms with Gasteiger partial charge in [-0.25, -0.2) is 9.83 Å². The number of aromatic amines is 1. The molecule has 0 amide bonds. The van der Waals surface area contributed by atoms with Crippen molar-refractivity contribution in [3.05, 3.63) is 87.5 Å². The SMILES string of the molecule is [C-]#[N+]c1c(-c2ccccc2)nc(SCc2ccc(C)cc2)[nH]c1=O. The van der Waals surface area contributed by atoms with E-state index in [9.17, 15) is 4.79 Å². The van der Waals surface area contributed by atoms with Crippen molar-refractivity contribution in [2.24, 2.45) is 0 Å². The first-order chi connectivity index (χ1) is 11.7. The smallest absolute Gasteiger partial charge is 0.276 e. The summed E-state index contributed by atoms with van der Waals surface area (Å²) in [6, 6.07) is 17.6. The van der Waals surface area contributed by atoms with Gasteiger partial charge in [-0.3, -0.25) is 4.79 Å². The summed E-state index contributed by atoms with van der Waals surface area (Å²) in [5.74, 6) is 0.703. The maximum absolute atomic E-state index is 12.2. The molecule has 0 saturated heterocycles. The third kappa shape index (κ3) is 3.55. The van der Waals surface area contributed by atoms with Crippen molar-refractivity contribution in [1.29, 1.82) is 0 Å². The average molecular weight is 333 g/mol. The highest BCUT2D eigenvalue weighted by atomic mass is 32.2. The summed E-state index contributed by atoms with van der Waals surface area (Å²) in [6.45, 7) is 9.31. The highest BCUT2D eigenvalue weighted by molar-refractivity contribution is 7.98. The van der Waals surface area contributed by atoms with Crippen molar-refractivity contribution >= 4 is 17.4 Å². The van der Waals surface area contributed by atoms with Crippen LogP contribution in [0.2, 0.25) is 0 Å². The molecule has 0 aliphatic rings. The maximum Gasteiger partial charge on any atom is 0.276 e. The molecule has 0 unspecified atom stereocenters. The molecule has 3 rings (SSSR count). The lowest BCUT2D eigenvalue weighted by Crippen LogP contribution is -2.09. The summed E-state index contributed by atoms with van der Waals surface area (Å²) in [6.07, 6.45) is 0.